The van der Waals surface area contributed by atoms with E-state index in [9.17, 15) is 4.79 Å². The van der Waals surface area contributed by atoms with Crippen LogP contribution in [0.1, 0.15) is 44.0 Å². The molecule has 4 aliphatic rings. The normalized spacial score (nSPS) is 42.9. The molecule has 0 aliphatic carbocycles. The number of Topliss-reactive ketones (excluding diaryl/α,β-unsaturated/α-hetero) is 1. The SMILES string of the molecule is CCC12CN3CC(CC)(CN(C1)C3c1ccc(C)cc1)C2=O. The van der Waals surface area contributed by atoms with Crippen LogP contribution >= 0.6 is 0 Å². The van der Waals surface area contributed by atoms with Crippen molar-refractivity contribution in [3.63, 3.8) is 0 Å². The van der Waals surface area contributed by atoms with E-state index >= 15 is 0 Å². The summed E-state index contributed by atoms with van der Waals surface area (Å²) >= 11 is 0. The van der Waals surface area contributed by atoms with Crippen molar-refractivity contribution >= 4 is 5.78 Å². The summed E-state index contributed by atoms with van der Waals surface area (Å²) in [5.74, 6) is 0.555. The van der Waals surface area contributed by atoms with Gasteiger partial charge in [0.25, 0.3) is 0 Å². The number of aryl methyl sites for hydroxylation is 1. The number of nitrogens with zero attached hydrogens (tertiary/aromatic N) is 2. The molecule has 0 unspecified atom stereocenters. The summed E-state index contributed by atoms with van der Waals surface area (Å²) in [6, 6.07) is 8.95. The number of rotatable bonds is 3. The van der Waals surface area contributed by atoms with Gasteiger partial charge in [0.2, 0.25) is 0 Å². The van der Waals surface area contributed by atoms with Crippen LogP contribution in [0.15, 0.2) is 24.3 Å². The third-order valence-corrected chi connectivity index (χ3v) is 6.41. The molecule has 0 saturated carbocycles. The fourth-order valence-electron chi connectivity index (χ4n) is 5.12. The zero-order valence-corrected chi connectivity index (χ0v) is 13.9. The Morgan fingerprint density at radius 2 is 1.41 bits per heavy atom. The Kier molecular flexibility index (Phi) is 3.05. The van der Waals surface area contributed by atoms with Crippen molar-refractivity contribution in [3.05, 3.63) is 35.4 Å². The third-order valence-electron chi connectivity index (χ3n) is 6.41. The third kappa shape index (κ3) is 1.73. The molecule has 0 N–H and O–H groups in total. The van der Waals surface area contributed by atoms with Crippen LogP contribution in [0, 0.1) is 17.8 Å². The van der Waals surface area contributed by atoms with E-state index in [1.807, 2.05) is 0 Å². The summed E-state index contributed by atoms with van der Waals surface area (Å²) in [5, 5.41) is 0. The average Bonchev–Trinajstić information content (AvgIpc) is 2.52. The number of hydrogen-bond donors (Lipinski definition) is 0. The summed E-state index contributed by atoms with van der Waals surface area (Å²) in [6.07, 6.45) is 2.32. The van der Waals surface area contributed by atoms with Crippen molar-refractivity contribution in [2.45, 2.75) is 39.8 Å². The van der Waals surface area contributed by atoms with Gasteiger partial charge in [-0.25, -0.2) is 0 Å². The van der Waals surface area contributed by atoms with E-state index in [1.54, 1.807) is 0 Å². The molecule has 1 aromatic rings. The van der Waals surface area contributed by atoms with Crippen molar-refractivity contribution in [1.82, 2.24) is 9.80 Å². The first kappa shape index (κ1) is 14.4. The highest BCUT2D eigenvalue weighted by atomic mass is 16.1. The molecule has 4 heterocycles. The predicted octanol–water partition coefficient (Wildman–Crippen LogP) is 3.00. The van der Waals surface area contributed by atoms with Gasteiger partial charge >= 0.3 is 0 Å². The van der Waals surface area contributed by atoms with E-state index < -0.39 is 0 Å². The topological polar surface area (TPSA) is 23.6 Å². The number of benzene rings is 1. The molecule has 4 fully saturated rings. The first-order chi connectivity index (χ1) is 10.5. The number of piperidine rings is 2. The van der Waals surface area contributed by atoms with Crippen molar-refractivity contribution in [2.75, 3.05) is 26.2 Å². The fraction of sp³-hybridized carbons (Fsp3) is 0.632. The smallest absolute Gasteiger partial charge is 0.150 e. The van der Waals surface area contributed by atoms with Gasteiger partial charge in [-0.1, -0.05) is 43.7 Å². The van der Waals surface area contributed by atoms with Crippen molar-refractivity contribution < 1.29 is 4.79 Å². The molecule has 3 nitrogen and oxygen atoms in total. The van der Waals surface area contributed by atoms with E-state index in [4.69, 9.17) is 0 Å². The van der Waals surface area contributed by atoms with Gasteiger partial charge < -0.3 is 0 Å². The molecular formula is C19H26N2O. The van der Waals surface area contributed by atoms with Crippen LogP contribution in [0.5, 0.6) is 0 Å². The molecule has 3 heteroatoms. The van der Waals surface area contributed by atoms with Crippen LogP contribution in [0.4, 0.5) is 0 Å². The van der Waals surface area contributed by atoms with Gasteiger partial charge in [0.1, 0.15) is 5.78 Å². The maximum atomic E-state index is 13.1. The Morgan fingerprint density at radius 1 is 0.955 bits per heavy atom. The highest BCUT2D eigenvalue weighted by Gasteiger charge is 2.64. The highest BCUT2D eigenvalue weighted by molar-refractivity contribution is 5.93. The van der Waals surface area contributed by atoms with Crippen LogP contribution in [-0.4, -0.2) is 41.8 Å². The second kappa shape index (κ2) is 4.65. The van der Waals surface area contributed by atoms with Crippen molar-refractivity contribution in [2.24, 2.45) is 10.8 Å². The standard InChI is InChI=1S/C19H26N2O/c1-4-18-10-20-12-19(5-2,17(18)22)13-21(11-18)16(20)15-8-6-14(3)7-9-15/h6-9,16H,4-5,10-13H2,1-3H3. The quantitative estimate of drug-likeness (QED) is 0.857. The van der Waals surface area contributed by atoms with Gasteiger partial charge in [-0.15, -0.1) is 0 Å². The van der Waals surface area contributed by atoms with Crippen LogP contribution in [-0.2, 0) is 4.79 Å². The second-order valence-corrected chi connectivity index (χ2v) is 7.69. The minimum Gasteiger partial charge on any atom is -0.298 e. The van der Waals surface area contributed by atoms with Gasteiger partial charge in [0, 0.05) is 26.2 Å². The Morgan fingerprint density at radius 3 is 1.82 bits per heavy atom. The lowest BCUT2D eigenvalue weighted by molar-refractivity contribution is -0.204. The minimum atomic E-state index is -0.117. The molecule has 1 aromatic carbocycles. The van der Waals surface area contributed by atoms with Gasteiger partial charge in [-0.2, -0.15) is 0 Å². The van der Waals surface area contributed by atoms with E-state index in [2.05, 4.69) is 54.8 Å². The van der Waals surface area contributed by atoms with Gasteiger partial charge in [-0.3, -0.25) is 14.6 Å². The minimum absolute atomic E-state index is 0.117. The zero-order valence-electron chi connectivity index (χ0n) is 13.9. The lowest BCUT2D eigenvalue weighted by atomic mass is 9.58. The Labute approximate surface area is 133 Å². The van der Waals surface area contributed by atoms with Crippen molar-refractivity contribution in [3.8, 4) is 0 Å². The number of hydrogen-bond acceptors (Lipinski definition) is 3. The Bertz CT molecular complexity index is 564. The van der Waals surface area contributed by atoms with E-state index in [0.717, 1.165) is 39.0 Å². The lowest BCUT2D eigenvalue weighted by Crippen LogP contribution is -2.76. The molecule has 4 aliphatic heterocycles. The molecule has 118 valence electrons. The second-order valence-electron chi connectivity index (χ2n) is 7.69. The molecule has 0 amide bonds. The molecule has 5 rings (SSSR count). The van der Waals surface area contributed by atoms with E-state index in [0.29, 0.717) is 11.9 Å². The molecule has 0 spiro atoms. The lowest BCUT2D eigenvalue weighted by Gasteiger charge is -2.66. The fourth-order valence-corrected chi connectivity index (χ4v) is 5.12. The summed E-state index contributed by atoms with van der Waals surface area (Å²) in [7, 11) is 0. The van der Waals surface area contributed by atoms with Crippen LogP contribution in [0.25, 0.3) is 0 Å². The maximum Gasteiger partial charge on any atom is 0.150 e. The Hall–Kier alpha value is -1.19. The highest BCUT2D eigenvalue weighted by Crippen LogP contribution is 2.54. The molecule has 4 saturated heterocycles. The average molecular weight is 298 g/mol. The zero-order chi connectivity index (χ0) is 15.5. The molecular weight excluding hydrogens is 272 g/mol. The first-order valence-electron chi connectivity index (χ1n) is 8.63. The molecule has 0 aromatic heterocycles. The largest absolute Gasteiger partial charge is 0.298 e. The summed E-state index contributed by atoms with van der Waals surface area (Å²) in [4.78, 5) is 18.3. The monoisotopic (exact) mass is 298 g/mol. The number of ketones is 1. The summed E-state index contributed by atoms with van der Waals surface area (Å²) < 4.78 is 0. The van der Waals surface area contributed by atoms with Crippen molar-refractivity contribution in [1.29, 1.82) is 0 Å². The predicted molar refractivity (Wildman–Crippen MR) is 87.5 cm³/mol. The van der Waals surface area contributed by atoms with Gasteiger partial charge in [0.05, 0.1) is 17.0 Å². The molecule has 22 heavy (non-hydrogen) atoms. The summed E-state index contributed by atoms with van der Waals surface area (Å²) in [6.45, 7) is 10.3. The van der Waals surface area contributed by atoms with E-state index in [1.165, 1.54) is 11.1 Å². The molecule has 0 radical (unpaired) electrons. The molecule has 0 atom stereocenters. The number of carbonyl (C=O) groups excluding carboxylic acids is 1. The van der Waals surface area contributed by atoms with Gasteiger partial charge in [-0.05, 0) is 25.3 Å². The van der Waals surface area contributed by atoms with E-state index in [-0.39, 0.29) is 10.8 Å². The van der Waals surface area contributed by atoms with Crippen LogP contribution in [0.2, 0.25) is 0 Å². The van der Waals surface area contributed by atoms with Crippen LogP contribution in [0.3, 0.4) is 0 Å². The van der Waals surface area contributed by atoms with Crippen LogP contribution < -0.4 is 0 Å². The number of carbonyl (C=O) groups is 1. The maximum absolute atomic E-state index is 13.1. The Balaban J connectivity index is 1.74. The summed E-state index contributed by atoms with van der Waals surface area (Å²) in [5.41, 5.74) is 2.46. The van der Waals surface area contributed by atoms with Gasteiger partial charge in [0.15, 0.2) is 0 Å². The molecule has 4 bridgehead atoms. The first-order valence-corrected chi connectivity index (χ1v) is 8.63.